The molecule has 1 amide bonds. The van der Waals surface area contributed by atoms with Gasteiger partial charge in [0.15, 0.2) is 0 Å². The van der Waals surface area contributed by atoms with Crippen molar-refractivity contribution >= 4 is 33.8 Å². The van der Waals surface area contributed by atoms with Gasteiger partial charge in [-0.25, -0.2) is 19.7 Å². The van der Waals surface area contributed by atoms with E-state index in [1.807, 2.05) is 57.2 Å². The van der Waals surface area contributed by atoms with Gasteiger partial charge in [-0.15, -0.1) is 0 Å². The van der Waals surface area contributed by atoms with Crippen molar-refractivity contribution in [2.45, 2.75) is 26.3 Å². The first-order valence-electron chi connectivity index (χ1n) is 8.71. The topological polar surface area (TPSA) is 82.1 Å². The molecule has 6 nitrogen and oxygen atoms in total. The summed E-state index contributed by atoms with van der Waals surface area (Å²) in [6.07, 6.45) is 2.29. The Labute approximate surface area is 156 Å². The number of amides is 1. The SMILES string of the molecule is CC(C)(C)N(C(=O)O)c1ncc(-c2cccc3[nH]c4ccccc4c23)cn1. The molecule has 4 rings (SSSR count). The lowest BCUT2D eigenvalue weighted by molar-refractivity contribution is 0.195. The Kier molecular flexibility index (Phi) is 3.84. The maximum atomic E-state index is 11.6. The highest BCUT2D eigenvalue weighted by Crippen LogP contribution is 2.34. The standard InChI is InChI=1S/C21H20N4O2/c1-21(2,3)25(20(26)27)19-22-11-13(12-23-19)14-8-6-10-17-18(14)15-7-4-5-9-16(15)24-17/h4-12,24H,1-3H3,(H,26,27). The third kappa shape index (κ3) is 2.89. The predicted molar refractivity (Wildman–Crippen MR) is 107 cm³/mol. The molecule has 2 N–H and O–H groups in total. The molecular formula is C21H20N4O2. The zero-order chi connectivity index (χ0) is 19.2. The smallest absolute Gasteiger partial charge is 0.414 e. The van der Waals surface area contributed by atoms with E-state index in [0.717, 1.165) is 32.9 Å². The largest absolute Gasteiger partial charge is 0.465 e. The van der Waals surface area contributed by atoms with E-state index >= 15 is 0 Å². The van der Waals surface area contributed by atoms with Crippen molar-refractivity contribution in [3.8, 4) is 11.1 Å². The summed E-state index contributed by atoms with van der Waals surface area (Å²) in [6.45, 7) is 5.43. The molecule has 0 fully saturated rings. The van der Waals surface area contributed by atoms with Gasteiger partial charge < -0.3 is 10.1 Å². The lowest BCUT2D eigenvalue weighted by Gasteiger charge is -2.30. The molecule has 2 aromatic carbocycles. The quantitative estimate of drug-likeness (QED) is 0.523. The molecule has 6 heteroatoms. The average Bonchev–Trinajstić information content (AvgIpc) is 2.99. The normalized spacial score (nSPS) is 11.8. The summed E-state index contributed by atoms with van der Waals surface area (Å²) in [6, 6.07) is 14.2. The van der Waals surface area contributed by atoms with Crippen LogP contribution < -0.4 is 4.90 Å². The van der Waals surface area contributed by atoms with Gasteiger partial charge in [0.1, 0.15) is 0 Å². The average molecular weight is 360 g/mol. The van der Waals surface area contributed by atoms with E-state index in [2.05, 4.69) is 21.0 Å². The summed E-state index contributed by atoms with van der Waals surface area (Å²) in [7, 11) is 0. The van der Waals surface area contributed by atoms with Crippen molar-refractivity contribution in [1.82, 2.24) is 15.0 Å². The van der Waals surface area contributed by atoms with Crippen molar-refractivity contribution < 1.29 is 9.90 Å². The first-order chi connectivity index (χ1) is 12.9. The number of aromatic nitrogens is 3. The zero-order valence-electron chi connectivity index (χ0n) is 15.4. The van der Waals surface area contributed by atoms with Gasteiger partial charge in [-0.05, 0) is 38.5 Å². The Morgan fingerprint density at radius 1 is 1.00 bits per heavy atom. The second kappa shape index (κ2) is 6.09. The Hall–Kier alpha value is -3.41. The minimum absolute atomic E-state index is 0.171. The van der Waals surface area contributed by atoms with Crippen LogP contribution in [0.2, 0.25) is 0 Å². The molecule has 2 aromatic heterocycles. The number of fused-ring (bicyclic) bond motifs is 3. The number of rotatable bonds is 2. The highest BCUT2D eigenvalue weighted by atomic mass is 16.4. The number of nitrogens with one attached hydrogen (secondary N) is 1. The first kappa shape index (κ1) is 17.0. The van der Waals surface area contributed by atoms with Crippen LogP contribution in [-0.2, 0) is 0 Å². The van der Waals surface area contributed by atoms with Gasteiger partial charge in [0, 0.05) is 45.3 Å². The molecule has 0 atom stereocenters. The van der Waals surface area contributed by atoms with Crippen LogP contribution in [0.25, 0.3) is 32.9 Å². The fraction of sp³-hybridized carbons (Fsp3) is 0.190. The molecule has 2 heterocycles. The predicted octanol–water partition coefficient (Wildman–Crippen LogP) is 5.06. The van der Waals surface area contributed by atoms with Gasteiger partial charge in [0.2, 0.25) is 5.95 Å². The van der Waals surface area contributed by atoms with Crippen molar-refractivity contribution in [2.24, 2.45) is 0 Å². The number of carbonyl (C=O) groups is 1. The van der Waals surface area contributed by atoms with Crippen LogP contribution in [0.15, 0.2) is 54.9 Å². The van der Waals surface area contributed by atoms with Crippen LogP contribution in [0.1, 0.15) is 20.8 Å². The molecule has 0 unspecified atom stereocenters. The number of anilines is 1. The Balaban J connectivity index is 1.84. The van der Waals surface area contributed by atoms with E-state index in [9.17, 15) is 9.90 Å². The molecule has 0 saturated carbocycles. The highest BCUT2D eigenvalue weighted by molar-refractivity contribution is 6.14. The Morgan fingerprint density at radius 2 is 1.67 bits per heavy atom. The number of aromatic amines is 1. The Bertz CT molecular complexity index is 1140. The number of H-pyrrole nitrogens is 1. The molecule has 27 heavy (non-hydrogen) atoms. The van der Waals surface area contributed by atoms with Crippen LogP contribution in [0, 0.1) is 0 Å². The van der Waals surface area contributed by atoms with E-state index in [1.54, 1.807) is 12.4 Å². The summed E-state index contributed by atoms with van der Waals surface area (Å²) in [5.41, 5.74) is 3.33. The van der Waals surface area contributed by atoms with E-state index in [4.69, 9.17) is 0 Å². The molecule has 0 spiro atoms. The first-order valence-corrected chi connectivity index (χ1v) is 8.71. The van der Waals surface area contributed by atoms with E-state index in [-0.39, 0.29) is 5.95 Å². The minimum Gasteiger partial charge on any atom is -0.465 e. The van der Waals surface area contributed by atoms with E-state index in [0.29, 0.717) is 0 Å². The van der Waals surface area contributed by atoms with Crippen LogP contribution in [0.3, 0.4) is 0 Å². The Morgan fingerprint density at radius 3 is 2.33 bits per heavy atom. The van der Waals surface area contributed by atoms with Crippen molar-refractivity contribution in [3.05, 3.63) is 54.9 Å². The molecule has 136 valence electrons. The number of nitrogens with zero attached hydrogens (tertiary/aromatic N) is 3. The lowest BCUT2D eigenvalue weighted by Crippen LogP contribution is -2.46. The number of hydrogen-bond acceptors (Lipinski definition) is 3. The van der Waals surface area contributed by atoms with Crippen LogP contribution in [0.5, 0.6) is 0 Å². The van der Waals surface area contributed by atoms with Gasteiger partial charge in [-0.2, -0.15) is 0 Å². The van der Waals surface area contributed by atoms with Crippen molar-refractivity contribution in [1.29, 1.82) is 0 Å². The maximum Gasteiger partial charge on any atom is 0.414 e. The van der Waals surface area contributed by atoms with Gasteiger partial charge in [0.05, 0.1) is 0 Å². The molecule has 0 saturated heterocycles. The highest BCUT2D eigenvalue weighted by Gasteiger charge is 2.30. The third-order valence-electron chi connectivity index (χ3n) is 4.54. The van der Waals surface area contributed by atoms with Gasteiger partial charge in [-0.3, -0.25) is 0 Å². The fourth-order valence-electron chi connectivity index (χ4n) is 3.39. The van der Waals surface area contributed by atoms with Gasteiger partial charge in [0.25, 0.3) is 0 Å². The molecular weight excluding hydrogens is 340 g/mol. The second-order valence-corrected chi connectivity index (χ2v) is 7.46. The minimum atomic E-state index is -1.08. The summed E-state index contributed by atoms with van der Waals surface area (Å²) < 4.78 is 0. The van der Waals surface area contributed by atoms with E-state index < -0.39 is 11.6 Å². The molecule has 0 bridgehead atoms. The molecule has 4 aromatic rings. The summed E-state index contributed by atoms with van der Waals surface area (Å²) >= 11 is 0. The summed E-state index contributed by atoms with van der Waals surface area (Å²) in [4.78, 5) is 24.9. The van der Waals surface area contributed by atoms with Crippen LogP contribution in [-0.4, -0.2) is 31.7 Å². The molecule has 0 aliphatic carbocycles. The van der Waals surface area contributed by atoms with Crippen molar-refractivity contribution in [2.75, 3.05) is 4.90 Å². The number of carboxylic acid groups (broad SMARTS) is 1. The maximum absolute atomic E-state index is 11.6. The third-order valence-corrected chi connectivity index (χ3v) is 4.54. The summed E-state index contributed by atoms with van der Waals surface area (Å²) in [5.74, 6) is 0.171. The van der Waals surface area contributed by atoms with Gasteiger partial charge in [-0.1, -0.05) is 30.3 Å². The van der Waals surface area contributed by atoms with Crippen molar-refractivity contribution in [3.63, 3.8) is 0 Å². The number of benzene rings is 2. The second-order valence-electron chi connectivity index (χ2n) is 7.46. The summed E-state index contributed by atoms with van der Waals surface area (Å²) in [5, 5.41) is 11.8. The number of hydrogen-bond donors (Lipinski definition) is 2. The van der Waals surface area contributed by atoms with Crippen LogP contribution in [0.4, 0.5) is 10.7 Å². The fourth-order valence-corrected chi connectivity index (χ4v) is 3.39. The molecule has 0 aliphatic heterocycles. The lowest BCUT2D eigenvalue weighted by atomic mass is 10.0. The molecule has 0 aliphatic rings. The van der Waals surface area contributed by atoms with Gasteiger partial charge >= 0.3 is 6.09 Å². The monoisotopic (exact) mass is 360 g/mol. The number of para-hydroxylation sites is 1. The van der Waals surface area contributed by atoms with Crippen LogP contribution >= 0.6 is 0 Å². The zero-order valence-corrected chi connectivity index (χ0v) is 15.4. The van der Waals surface area contributed by atoms with E-state index in [1.165, 1.54) is 4.90 Å². The molecule has 0 radical (unpaired) electrons.